The van der Waals surface area contributed by atoms with Crippen molar-refractivity contribution in [3.05, 3.63) is 66.1 Å². The number of piperidine rings is 2. The minimum absolute atomic E-state index is 0.195. The molecule has 1 saturated carbocycles. The maximum atomic E-state index is 12.3. The van der Waals surface area contributed by atoms with Crippen molar-refractivity contribution in [3.63, 3.8) is 0 Å². The lowest BCUT2D eigenvalue weighted by Crippen LogP contribution is -2.39. The van der Waals surface area contributed by atoms with Gasteiger partial charge in [-0.3, -0.25) is 19.6 Å². The van der Waals surface area contributed by atoms with Crippen molar-refractivity contribution >= 4 is 28.5 Å². The Kier molecular flexibility index (Phi) is 9.84. The molecule has 3 aliphatic rings. The molecule has 2 atom stereocenters. The SMILES string of the molecule is C[C@H](C#N)Nc1cc(-n2ncc3cc(C#N)cnc32)ncc1-n1cc(C2CCC(CCN3CCC(n4cc(C5CCC(=O)NC5=O)cn4)CC3)CC2)nn1. The van der Waals surface area contributed by atoms with Gasteiger partial charge in [0.05, 0.1) is 59.8 Å². The molecule has 5 aromatic rings. The highest BCUT2D eigenvalue weighted by Crippen LogP contribution is 2.37. The summed E-state index contributed by atoms with van der Waals surface area (Å²) in [5.74, 6) is 0.839. The third kappa shape index (κ3) is 7.30. The van der Waals surface area contributed by atoms with E-state index in [1.165, 1.54) is 12.6 Å². The number of nitrogens with one attached hydrogen (secondary N) is 2. The zero-order valence-corrected chi connectivity index (χ0v) is 30.2. The number of anilines is 1. The van der Waals surface area contributed by atoms with Gasteiger partial charge in [0, 0.05) is 54.8 Å². The van der Waals surface area contributed by atoms with Gasteiger partial charge in [-0.15, -0.1) is 5.10 Å². The summed E-state index contributed by atoms with van der Waals surface area (Å²) in [4.78, 5) is 35.5. The van der Waals surface area contributed by atoms with Gasteiger partial charge in [0.15, 0.2) is 11.5 Å². The number of nitriles is 2. The first-order chi connectivity index (χ1) is 26.3. The summed E-state index contributed by atoms with van der Waals surface area (Å²) >= 11 is 0. The van der Waals surface area contributed by atoms with Crippen LogP contribution < -0.4 is 10.6 Å². The minimum Gasteiger partial charge on any atom is -0.368 e. The van der Waals surface area contributed by atoms with E-state index in [2.05, 4.69) is 58.1 Å². The first kappa shape index (κ1) is 35.1. The Hall–Kier alpha value is -6.00. The number of imide groups is 1. The van der Waals surface area contributed by atoms with Crippen LogP contribution in [0.15, 0.2) is 49.3 Å². The van der Waals surface area contributed by atoms with E-state index in [0.717, 1.165) is 74.8 Å². The second kappa shape index (κ2) is 15.2. The van der Waals surface area contributed by atoms with Gasteiger partial charge in [0.2, 0.25) is 11.8 Å². The van der Waals surface area contributed by atoms with Crippen molar-refractivity contribution in [1.29, 1.82) is 10.5 Å². The van der Waals surface area contributed by atoms with Crippen LogP contribution in [0.3, 0.4) is 0 Å². The summed E-state index contributed by atoms with van der Waals surface area (Å²) in [7, 11) is 0. The molecule has 2 saturated heterocycles. The Labute approximate surface area is 312 Å². The van der Waals surface area contributed by atoms with Crippen LogP contribution in [0.5, 0.6) is 0 Å². The molecule has 8 rings (SSSR count). The Bertz CT molecular complexity index is 2240. The lowest BCUT2D eigenvalue weighted by atomic mass is 9.79. The molecule has 1 aliphatic carbocycles. The minimum atomic E-state index is -0.467. The number of amides is 2. The van der Waals surface area contributed by atoms with E-state index in [9.17, 15) is 20.1 Å². The second-order valence-electron chi connectivity index (χ2n) is 14.8. The van der Waals surface area contributed by atoms with Gasteiger partial charge in [-0.25, -0.2) is 14.6 Å². The van der Waals surface area contributed by atoms with Crippen LogP contribution in [-0.2, 0) is 9.59 Å². The molecule has 1 unspecified atom stereocenters. The number of aromatic nitrogens is 9. The Morgan fingerprint density at radius 1 is 0.963 bits per heavy atom. The molecular formula is C38H42N14O2. The van der Waals surface area contributed by atoms with Crippen LogP contribution in [0.1, 0.15) is 99.4 Å². The number of carbonyl (C=O) groups is 2. The third-order valence-electron chi connectivity index (χ3n) is 11.3. The third-order valence-corrected chi connectivity index (χ3v) is 11.3. The molecule has 0 aromatic carbocycles. The molecule has 7 heterocycles. The number of rotatable bonds is 10. The fourth-order valence-corrected chi connectivity index (χ4v) is 8.11. The lowest BCUT2D eigenvalue weighted by Gasteiger charge is -2.34. The van der Waals surface area contributed by atoms with Crippen LogP contribution >= 0.6 is 0 Å². The quantitative estimate of drug-likeness (QED) is 0.194. The van der Waals surface area contributed by atoms with Gasteiger partial charge >= 0.3 is 0 Å². The van der Waals surface area contributed by atoms with Crippen LogP contribution in [0.2, 0.25) is 0 Å². The Balaban J connectivity index is 0.844. The fourth-order valence-electron chi connectivity index (χ4n) is 8.11. The molecule has 2 N–H and O–H groups in total. The van der Waals surface area contributed by atoms with Gasteiger partial charge in [-0.1, -0.05) is 5.21 Å². The Morgan fingerprint density at radius 2 is 1.80 bits per heavy atom. The number of hydrogen-bond donors (Lipinski definition) is 2. The van der Waals surface area contributed by atoms with Gasteiger partial charge < -0.3 is 10.2 Å². The van der Waals surface area contributed by atoms with E-state index >= 15 is 0 Å². The molecule has 2 amide bonds. The molecular weight excluding hydrogens is 685 g/mol. The van der Waals surface area contributed by atoms with E-state index in [-0.39, 0.29) is 17.7 Å². The van der Waals surface area contributed by atoms with Crippen LogP contribution in [0, 0.1) is 28.6 Å². The van der Waals surface area contributed by atoms with Crippen molar-refractivity contribution in [3.8, 4) is 23.6 Å². The average molecular weight is 727 g/mol. The predicted molar refractivity (Wildman–Crippen MR) is 196 cm³/mol. The van der Waals surface area contributed by atoms with Gasteiger partial charge in [-0.2, -0.15) is 25.4 Å². The van der Waals surface area contributed by atoms with E-state index in [1.807, 2.05) is 23.1 Å². The summed E-state index contributed by atoms with van der Waals surface area (Å²) < 4.78 is 5.36. The molecule has 54 heavy (non-hydrogen) atoms. The summed E-state index contributed by atoms with van der Waals surface area (Å²) in [6, 6.07) is 7.76. The van der Waals surface area contributed by atoms with Crippen molar-refractivity contribution in [2.45, 2.75) is 88.6 Å². The number of fused-ring (bicyclic) bond motifs is 1. The van der Waals surface area contributed by atoms with Crippen LogP contribution in [0.4, 0.5) is 5.69 Å². The zero-order valence-electron chi connectivity index (χ0n) is 30.2. The van der Waals surface area contributed by atoms with Crippen molar-refractivity contribution in [1.82, 2.24) is 54.7 Å². The Morgan fingerprint density at radius 3 is 2.57 bits per heavy atom. The molecule has 16 heteroatoms. The molecule has 0 bridgehead atoms. The normalized spacial score (nSPS) is 21.7. The largest absolute Gasteiger partial charge is 0.368 e. The molecule has 2 aliphatic heterocycles. The fraction of sp³-hybridized carbons (Fsp3) is 0.474. The van der Waals surface area contributed by atoms with Crippen LogP contribution in [0.25, 0.3) is 22.5 Å². The van der Waals surface area contributed by atoms with Crippen molar-refractivity contribution in [2.75, 3.05) is 25.0 Å². The first-order valence-electron chi connectivity index (χ1n) is 18.8. The highest BCUT2D eigenvalue weighted by Gasteiger charge is 2.31. The summed E-state index contributed by atoms with van der Waals surface area (Å²) in [6.07, 6.45) is 19.3. The van der Waals surface area contributed by atoms with Gasteiger partial charge in [0.25, 0.3) is 0 Å². The lowest BCUT2D eigenvalue weighted by molar-refractivity contribution is -0.134. The number of nitrogens with zero attached hydrogens (tertiary/aromatic N) is 12. The maximum Gasteiger partial charge on any atom is 0.234 e. The molecule has 5 aromatic heterocycles. The van der Waals surface area contributed by atoms with E-state index < -0.39 is 6.04 Å². The first-order valence-corrected chi connectivity index (χ1v) is 18.8. The molecule has 3 fully saturated rings. The number of pyridine rings is 2. The number of likely N-dealkylation sites (tertiary alicyclic amines) is 1. The second-order valence-corrected chi connectivity index (χ2v) is 14.8. The van der Waals surface area contributed by atoms with Crippen LogP contribution in [-0.4, -0.2) is 86.9 Å². The molecule has 0 spiro atoms. The monoisotopic (exact) mass is 726 g/mol. The smallest absolute Gasteiger partial charge is 0.234 e. The summed E-state index contributed by atoms with van der Waals surface area (Å²) in [5, 5.41) is 43.4. The summed E-state index contributed by atoms with van der Waals surface area (Å²) in [6.45, 7) is 4.96. The van der Waals surface area contributed by atoms with E-state index in [0.29, 0.717) is 59.1 Å². The van der Waals surface area contributed by atoms with Gasteiger partial charge in [-0.05, 0) is 76.8 Å². The van der Waals surface area contributed by atoms with Crippen molar-refractivity contribution in [2.24, 2.45) is 5.92 Å². The molecule has 0 radical (unpaired) electrons. The number of hydrogen-bond acceptors (Lipinski definition) is 12. The van der Waals surface area contributed by atoms with Crippen molar-refractivity contribution < 1.29 is 9.59 Å². The zero-order chi connectivity index (χ0) is 37.2. The average Bonchev–Trinajstić information content (AvgIpc) is 3.98. The van der Waals surface area contributed by atoms with E-state index in [4.69, 9.17) is 0 Å². The number of carbonyl (C=O) groups excluding carboxylic acids is 2. The maximum absolute atomic E-state index is 12.3. The highest BCUT2D eigenvalue weighted by atomic mass is 16.2. The standard InChI is InChI=1S/C38H42N14O2/c1-24(16-39)45-32-15-35(52-37-28(19-44-52)14-26(17-40)18-42-37)41-21-34(32)51-23-33(47-48-51)27-4-2-25(3-5-27)8-11-49-12-9-30(10-13-49)50-22-29(20-43-50)31-6-7-36(53)46-38(31)54/h14-15,18-25,27,30-31H,2-13H2,1H3,(H,41,45)(H,46,53,54)/t24-,25?,27?,31?/m1/s1. The van der Waals surface area contributed by atoms with Gasteiger partial charge in [0.1, 0.15) is 17.8 Å². The summed E-state index contributed by atoms with van der Waals surface area (Å²) in [5.41, 5.74) is 4.23. The topological polar surface area (TPSA) is 201 Å². The molecule has 276 valence electrons. The van der Waals surface area contributed by atoms with E-state index in [1.54, 1.807) is 40.9 Å². The highest BCUT2D eigenvalue weighted by molar-refractivity contribution is 6.00. The molecule has 16 nitrogen and oxygen atoms in total. The predicted octanol–water partition coefficient (Wildman–Crippen LogP) is 4.31.